The van der Waals surface area contributed by atoms with Gasteiger partial charge in [0.2, 0.25) is 0 Å². The average molecular weight is 256 g/mol. The normalized spacial score (nSPS) is 10.7. The van der Waals surface area contributed by atoms with E-state index in [1.54, 1.807) is 0 Å². The maximum atomic E-state index is 9.36. The number of fused-ring (bicyclic) bond motifs is 1. The molecule has 0 aliphatic rings. The molecule has 1 aromatic carbocycles. The fraction of sp³-hybridized carbons (Fsp3) is 0.312. The van der Waals surface area contributed by atoms with Crippen LogP contribution in [0.3, 0.4) is 0 Å². The van der Waals surface area contributed by atoms with Gasteiger partial charge < -0.3 is 10.0 Å². The molecule has 0 saturated carbocycles. The van der Waals surface area contributed by atoms with Crippen LogP contribution < -0.4 is 4.90 Å². The molecule has 100 valence electrons. The number of benzene rings is 1. The highest BCUT2D eigenvalue weighted by atomic mass is 16.3. The lowest BCUT2D eigenvalue weighted by Crippen LogP contribution is -2.25. The fourth-order valence-corrected chi connectivity index (χ4v) is 2.25. The van der Waals surface area contributed by atoms with Crippen LogP contribution in [0, 0.1) is 0 Å². The maximum absolute atomic E-state index is 9.36. The highest BCUT2D eigenvalue weighted by molar-refractivity contribution is 5.92. The monoisotopic (exact) mass is 256 g/mol. The van der Waals surface area contributed by atoms with E-state index in [1.165, 1.54) is 0 Å². The first-order chi connectivity index (χ1) is 9.15. The number of pyridine rings is 1. The summed E-state index contributed by atoms with van der Waals surface area (Å²) in [5.41, 5.74) is 3.85. The van der Waals surface area contributed by atoms with Gasteiger partial charge >= 0.3 is 0 Å². The Balaban J connectivity index is 2.58. The van der Waals surface area contributed by atoms with Gasteiger partial charge in [-0.2, -0.15) is 0 Å². The van der Waals surface area contributed by atoms with Crippen LogP contribution in [-0.4, -0.2) is 23.2 Å². The zero-order valence-corrected chi connectivity index (χ0v) is 11.6. The highest BCUT2D eigenvalue weighted by Crippen LogP contribution is 2.27. The third-order valence-corrected chi connectivity index (χ3v) is 3.09. The van der Waals surface area contributed by atoms with Crippen LogP contribution in [-0.2, 0) is 6.61 Å². The van der Waals surface area contributed by atoms with Crippen molar-refractivity contribution in [3.8, 4) is 0 Å². The molecule has 0 atom stereocenters. The standard InChI is InChI=1S/C16H20N2O/c1-4-18(10-12(2)3)16-9-13(11-19)17-15-8-6-5-7-14(15)16/h5-9,19H,2,4,10-11H2,1,3H3. The molecule has 0 bridgehead atoms. The fourth-order valence-electron chi connectivity index (χ4n) is 2.25. The Morgan fingerprint density at radius 1 is 1.37 bits per heavy atom. The predicted molar refractivity (Wildman–Crippen MR) is 80.4 cm³/mol. The number of aromatic nitrogens is 1. The van der Waals surface area contributed by atoms with Crippen LogP contribution in [0.2, 0.25) is 0 Å². The molecule has 19 heavy (non-hydrogen) atoms. The van der Waals surface area contributed by atoms with Gasteiger partial charge in [-0.1, -0.05) is 30.4 Å². The van der Waals surface area contributed by atoms with E-state index in [4.69, 9.17) is 0 Å². The van der Waals surface area contributed by atoms with Crippen LogP contribution in [0.4, 0.5) is 5.69 Å². The molecule has 3 nitrogen and oxygen atoms in total. The molecule has 1 aromatic heterocycles. The number of likely N-dealkylation sites (N-methyl/N-ethyl adjacent to an activating group) is 1. The minimum absolute atomic E-state index is 0.0392. The first-order valence-electron chi connectivity index (χ1n) is 6.54. The molecule has 2 aromatic rings. The molecule has 1 heterocycles. The van der Waals surface area contributed by atoms with Gasteiger partial charge in [-0.15, -0.1) is 0 Å². The van der Waals surface area contributed by atoms with E-state index in [-0.39, 0.29) is 6.61 Å². The molecule has 0 aliphatic carbocycles. The Morgan fingerprint density at radius 3 is 2.74 bits per heavy atom. The van der Waals surface area contributed by atoms with Crippen molar-refractivity contribution in [2.45, 2.75) is 20.5 Å². The third-order valence-electron chi connectivity index (χ3n) is 3.09. The van der Waals surface area contributed by atoms with Crippen LogP contribution in [0.1, 0.15) is 19.5 Å². The van der Waals surface area contributed by atoms with Crippen molar-refractivity contribution >= 4 is 16.6 Å². The van der Waals surface area contributed by atoms with Crippen LogP contribution in [0.15, 0.2) is 42.5 Å². The Hall–Kier alpha value is -1.87. The van der Waals surface area contributed by atoms with Gasteiger partial charge in [0.15, 0.2) is 0 Å². The number of aliphatic hydroxyl groups is 1. The summed E-state index contributed by atoms with van der Waals surface area (Å²) < 4.78 is 0. The van der Waals surface area contributed by atoms with Crippen LogP contribution in [0.5, 0.6) is 0 Å². The lowest BCUT2D eigenvalue weighted by molar-refractivity contribution is 0.277. The molecule has 0 fully saturated rings. The smallest absolute Gasteiger partial charge is 0.0854 e. The second-order valence-electron chi connectivity index (χ2n) is 4.78. The Labute approximate surface area is 114 Å². The summed E-state index contributed by atoms with van der Waals surface area (Å²) in [6.45, 7) is 9.80. The molecule has 3 heteroatoms. The summed E-state index contributed by atoms with van der Waals surface area (Å²) in [6, 6.07) is 10.00. The molecular formula is C16H20N2O. The number of nitrogens with zero attached hydrogens (tertiary/aromatic N) is 2. The highest BCUT2D eigenvalue weighted by Gasteiger charge is 2.11. The van der Waals surface area contributed by atoms with Gasteiger partial charge in [0.1, 0.15) is 0 Å². The summed E-state index contributed by atoms with van der Waals surface area (Å²) in [5, 5.41) is 10.5. The zero-order valence-electron chi connectivity index (χ0n) is 11.6. The lowest BCUT2D eigenvalue weighted by atomic mass is 10.1. The Morgan fingerprint density at radius 2 is 2.11 bits per heavy atom. The van der Waals surface area contributed by atoms with Crippen LogP contribution >= 0.6 is 0 Å². The van der Waals surface area contributed by atoms with Crippen molar-refractivity contribution < 1.29 is 5.11 Å². The summed E-state index contributed by atoms with van der Waals surface area (Å²) in [6.07, 6.45) is 0. The minimum atomic E-state index is -0.0392. The summed E-state index contributed by atoms with van der Waals surface area (Å²) in [7, 11) is 0. The molecule has 0 radical (unpaired) electrons. The van der Waals surface area contributed by atoms with Gasteiger partial charge in [0, 0.05) is 24.2 Å². The molecular weight excluding hydrogens is 236 g/mol. The lowest BCUT2D eigenvalue weighted by Gasteiger charge is -2.25. The average Bonchev–Trinajstić information content (AvgIpc) is 2.43. The molecule has 2 rings (SSSR count). The Bertz CT molecular complexity index is 592. The zero-order chi connectivity index (χ0) is 13.8. The van der Waals surface area contributed by atoms with Crippen molar-refractivity contribution in [1.29, 1.82) is 0 Å². The van der Waals surface area contributed by atoms with Gasteiger partial charge in [0.05, 0.1) is 17.8 Å². The third kappa shape index (κ3) is 2.93. The van der Waals surface area contributed by atoms with E-state index >= 15 is 0 Å². The van der Waals surface area contributed by atoms with E-state index in [9.17, 15) is 5.11 Å². The van der Waals surface area contributed by atoms with Crippen molar-refractivity contribution in [1.82, 2.24) is 4.98 Å². The number of anilines is 1. The number of rotatable bonds is 5. The first-order valence-corrected chi connectivity index (χ1v) is 6.54. The molecule has 0 unspecified atom stereocenters. The molecule has 1 N–H and O–H groups in total. The quantitative estimate of drug-likeness (QED) is 0.835. The minimum Gasteiger partial charge on any atom is -0.390 e. The van der Waals surface area contributed by atoms with E-state index < -0.39 is 0 Å². The van der Waals surface area contributed by atoms with Crippen molar-refractivity contribution in [3.63, 3.8) is 0 Å². The maximum Gasteiger partial charge on any atom is 0.0854 e. The van der Waals surface area contributed by atoms with Gasteiger partial charge in [-0.25, -0.2) is 0 Å². The largest absolute Gasteiger partial charge is 0.390 e. The number of aliphatic hydroxyl groups excluding tert-OH is 1. The predicted octanol–water partition coefficient (Wildman–Crippen LogP) is 3.13. The van der Waals surface area contributed by atoms with E-state index in [0.29, 0.717) is 5.69 Å². The van der Waals surface area contributed by atoms with Crippen molar-refractivity contribution in [2.75, 3.05) is 18.0 Å². The first kappa shape index (κ1) is 13.6. The topological polar surface area (TPSA) is 36.4 Å². The van der Waals surface area contributed by atoms with E-state index in [0.717, 1.165) is 35.3 Å². The van der Waals surface area contributed by atoms with Gasteiger partial charge in [-0.05, 0) is 26.0 Å². The van der Waals surface area contributed by atoms with Crippen molar-refractivity contribution in [3.05, 3.63) is 48.2 Å². The number of hydrogen-bond donors (Lipinski definition) is 1. The molecule has 0 saturated heterocycles. The van der Waals surface area contributed by atoms with E-state index in [1.807, 2.05) is 31.2 Å². The van der Waals surface area contributed by atoms with Gasteiger partial charge in [0.25, 0.3) is 0 Å². The molecule has 0 spiro atoms. The second-order valence-corrected chi connectivity index (χ2v) is 4.78. The summed E-state index contributed by atoms with van der Waals surface area (Å²) in [4.78, 5) is 6.71. The molecule has 0 aliphatic heterocycles. The Kier molecular flexibility index (Phi) is 4.17. The van der Waals surface area contributed by atoms with Crippen LogP contribution in [0.25, 0.3) is 10.9 Å². The summed E-state index contributed by atoms with van der Waals surface area (Å²) >= 11 is 0. The summed E-state index contributed by atoms with van der Waals surface area (Å²) in [5.74, 6) is 0. The van der Waals surface area contributed by atoms with Gasteiger partial charge in [-0.3, -0.25) is 4.98 Å². The number of hydrogen-bond acceptors (Lipinski definition) is 3. The second kappa shape index (κ2) is 5.85. The SMILES string of the molecule is C=C(C)CN(CC)c1cc(CO)nc2ccccc12. The molecule has 0 amide bonds. The van der Waals surface area contributed by atoms with Crippen molar-refractivity contribution in [2.24, 2.45) is 0 Å². The number of para-hydroxylation sites is 1. The van der Waals surface area contributed by atoms with E-state index in [2.05, 4.69) is 29.5 Å².